The summed E-state index contributed by atoms with van der Waals surface area (Å²) >= 11 is 0. The lowest BCUT2D eigenvalue weighted by atomic mass is 10.2. The molecular formula is C10H11N3. The fourth-order valence-electron chi connectivity index (χ4n) is 1.34. The largest absolute Gasteiger partial charge is 0.383 e. The molecule has 0 radical (unpaired) electrons. The molecule has 66 valence electrons. The number of para-hydroxylation sites is 1. The first-order valence-corrected chi connectivity index (χ1v) is 4.13. The maximum atomic E-state index is 5.74. The van der Waals surface area contributed by atoms with E-state index in [1.807, 2.05) is 22.8 Å². The zero-order valence-electron chi connectivity index (χ0n) is 7.44. The van der Waals surface area contributed by atoms with Gasteiger partial charge in [-0.1, -0.05) is 18.2 Å². The van der Waals surface area contributed by atoms with Crippen molar-refractivity contribution in [1.82, 2.24) is 9.55 Å². The molecule has 0 spiro atoms. The molecule has 3 nitrogen and oxygen atoms in total. The van der Waals surface area contributed by atoms with Gasteiger partial charge in [0.05, 0.1) is 11.9 Å². The standard InChI is InChI=1S/C10H11N3/c1-8-4-2-3-5-9(8)13-7-12-6-10(13)11/h2-7H,11H2,1H3. The Morgan fingerprint density at radius 3 is 2.69 bits per heavy atom. The number of hydrogen-bond donors (Lipinski definition) is 1. The van der Waals surface area contributed by atoms with Crippen molar-refractivity contribution in [2.24, 2.45) is 0 Å². The molecule has 0 saturated heterocycles. The van der Waals surface area contributed by atoms with E-state index in [9.17, 15) is 0 Å². The smallest absolute Gasteiger partial charge is 0.127 e. The van der Waals surface area contributed by atoms with Crippen LogP contribution in [0.1, 0.15) is 5.56 Å². The van der Waals surface area contributed by atoms with E-state index in [0.717, 1.165) is 5.69 Å². The Morgan fingerprint density at radius 2 is 2.08 bits per heavy atom. The summed E-state index contributed by atoms with van der Waals surface area (Å²) in [6.07, 6.45) is 3.37. The van der Waals surface area contributed by atoms with Gasteiger partial charge in [-0.2, -0.15) is 0 Å². The van der Waals surface area contributed by atoms with Crippen LogP contribution >= 0.6 is 0 Å². The predicted molar refractivity (Wildman–Crippen MR) is 52.7 cm³/mol. The molecule has 0 atom stereocenters. The van der Waals surface area contributed by atoms with Crippen molar-refractivity contribution in [2.75, 3.05) is 5.73 Å². The first-order valence-electron chi connectivity index (χ1n) is 4.13. The van der Waals surface area contributed by atoms with E-state index in [4.69, 9.17) is 5.73 Å². The summed E-state index contributed by atoms with van der Waals surface area (Å²) in [6.45, 7) is 2.05. The Labute approximate surface area is 76.8 Å². The minimum absolute atomic E-state index is 0.661. The van der Waals surface area contributed by atoms with Gasteiger partial charge < -0.3 is 5.73 Å². The molecule has 0 unspecified atom stereocenters. The van der Waals surface area contributed by atoms with Crippen LogP contribution in [0.15, 0.2) is 36.8 Å². The van der Waals surface area contributed by atoms with Gasteiger partial charge in [-0.25, -0.2) is 4.98 Å². The van der Waals surface area contributed by atoms with Crippen LogP contribution in [0.4, 0.5) is 5.82 Å². The van der Waals surface area contributed by atoms with Gasteiger partial charge in [0, 0.05) is 0 Å². The van der Waals surface area contributed by atoms with E-state index < -0.39 is 0 Å². The van der Waals surface area contributed by atoms with Crippen molar-refractivity contribution in [3.05, 3.63) is 42.4 Å². The van der Waals surface area contributed by atoms with E-state index in [-0.39, 0.29) is 0 Å². The average Bonchev–Trinajstić information content (AvgIpc) is 2.52. The summed E-state index contributed by atoms with van der Waals surface area (Å²) in [7, 11) is 0. The number of rotatable bonds is 1. The third-order valence-corrected chi connectivity index (χ3v) is 2.04. The SMILES string of the molecule is Cc1ccccc1-n1cncc1N. The number of aromatic nitrogens is 2. The molecule has 2 rings (SSSR count). The number of nitrogen functional groups attached to an aromatic ring is 1. The lowest BCUT2D eigenvalue weighted by Gasteiger charge is -2.07. The fraction of sp³-hybridized carbons (Fsp3) is 0.100. The maximum absolute atomic E-state index is 5.74. The van der Waals surface area contributed by atoms with E-state index in [1.54, 1.807) is 12.5 Å². The summed E-state index contributed by atoms with van der Waals surface area (Å²) in [5, 5.41) is 0. The van der Waals surface area contributed by atoms with Crippen LogP contribution in [-0.2, 0) is 0 Å². The molecule has 0 amide bonds. The van der Waals surface area contributed by atoms with E-state index in [1.165, 1.54) is 5.56 Å². The van der Waals surface area contributed by atoms with Gasteiger partial charge in [-0.15, -0.1) is 0 Å². The molecule has 1 aromatic carbocycles. The van der Waals surface area contributed by atoms with Gasteiger partial charge in [0.2, 0.25) is 0 Å². The van der Waals surface area contributed by atoms with Crippen molar-refractivity contribution in [2.45, 2.75) is 6.92 Å². The number of anilines is 1. The normalized spacial score (nSPS) is 10.2. The number of hydrogen-bond acceptors (Lipinski definition) is 2. The monoisotopic (exact) mass is 173 g/mol. The first-order chi connectivity index (χ1) is 6.29. The predicted octanol–water partition coefficient (Wildman–Crippen LogP) is 1.76. The van der Waals surface area contributed by atoms with Crippen LogP contribution in [0.5, 0.6) is 0 Å². The molecule has 2 aromatic rings. The van der Waals surface area contributed by atoms with Crippen LogP contribution in [0.3, 0.4) is 0 Å². The highest BCUT2D eigenvalue weighted by atomic mass is 15.1. The van der Waals surface area contributed by atoms with E-state index in [0.29, 0.717) is 5.82 Å². The fourth-order valence-corrected chi connectivity index (χ4v) is 1.34. The van der Waals surface area contributed by atoms with Crippen LogP contribution in [0.2, 0.25) is 0 Å². The maximum Gasteiger partial charge on any atom is 0.127 e. The number of aryl methyl sites for hydroxylation is 1. The molecule has 0 fully saturated rings. The molecule has 3 heteroatoms. The van der Waals surface area contributed by atoms with Crippen molar-refractivity contribution < 1.29 is 0 Å². The van der Waals surface area contributed by atoms with E-state index >= 15 is 0 Å². The van der Waals surface area contributed by atoms with Crippen LogP contribution in [0, 0.1) is 6.92 Å². The highest BCUT2D eigenvalue weighted by Crippen LogP contribution is 2.16. The van der Waals surface area contributed by atoms with Crippen molar-refractivity contribution in [1.29, 1.82) is 0 Å². The van der Waals surface area contributed by atoms with Gasteiger partial charge in [0.1, 0.15) is 12.1 Å². The number of benzene rings is 1. The van der Waals surface area contributed by atoms with E-state index in [2.05, 4.69) is 18.0 Å². The van der Waals surface area contributed by atoms with Crippen LogP contribution in [-0.4, -0.2) is 9.55 Å². The Morgan fingerprint density at radius 1 is 1.31 bits per heavy atom. The molecule has 0 saturated carbocycles. The quantitative estimate of drug-likeness (QED) is 0.714. The van der Waals surface area contributed by atoms with Crippen LogP contribution in [0.25, 0.3) is 5.69 Å². The lowest BCUT2D eigenvalue weighted by molar-refractivity contribution is 1.05. The molecule has 2 N–H and O–H groups in total. The van der Waals surface area contributed by atoms with Crippen LogP contribution < -0.4 is 5.73 Å². The van der Waals surface area contributed by atoms with Gasteiger partial charge in [0.15, 0.2) is 0 Å². The highest BCUT2D eigenvalue weighted by molar-refractivity contribution is 5.46. The number of nitrogens with zero attached hydrogens (tertiary/aromatic N) is 2. The zero-order valence-corrected chi connectivity index (χ0v) is 7.44. The second-order valence-electron chi connectivity index (χ2n) is 2.97. The zero-order chi connectivity index (χ0) is 9.26. The Balaban J connectivity index is 2.59. The lowest BCUT2D eigenvalue weighted by Crippen LogP contribution is -1.99. The summed E-state index contributed by atoms with van der Waals surface area (Å²) in [6, 6.07) is 8.07. The van der Waals surface area contributed by atoms with Gasteiger partial charge >= 0.3 is 0 Å². The minimum atomic E-state index is 0.661. The topological polar surface area (TPSA) is 43.8 Å². The average molecular weight is 173 g/mol. The summed E-state index contributed by atoms with van der Waals surface area (Å²) < 4.78 is 1.87. The summed E-state index contributed by atoms with van der Waals surface area (Å²) in [5.74, 6) is 0.661. The number of imidazole rings is 1. The van der Waals surface area contributed by atoms with Crippen molar-refractivity contribution in [3.8, 4) is 5.69 Å². The third-order valence-electron chi connectivity index (χ3n) is 2.04. The molecule has 0 bridgehead atoms. The molecule has 1 heterocycles. The Bertz CT molecular complexity index is 418. The second-order valence-corrected chi connectivity index (χ2v) is 2.97. The molecular weight excluding hydrogens is 162 g/mol. The molecule has 0 aliphatic rings. The highest BCUT2D eigenvalue weighted by Gasteiger charge is 2.01. The molecule has 1 aromatic heterocycles. The minimum Gasteiger partial charge on any atom is -0.383 e. The number of nitrogens with two attached hydrogens (primary N) is 1. The Hall–Kier alpha value is -1.77. The molecule has 0 aliphatic heterocycles. The summed E-state index contributed by atoms with van der Waals surface area (Å²) in [4.78, 5) is 3.98. The van der Waals surface area contributed by atoms with Gasteiger partial charge in [-0.05, 0) is 18.6 Å². The Kier molecular flexibility index (Phi) is 1.77. The third kappa shape index (κ3) is 1.28. The summed E-state index contributed by atoms with van der Waals surface area (Å²) in [5.41, 5.74) is 8.01. The van der Waals surface area contributed by atoms with Gasteiger partial charge in [-0.3, -0.25) is 4.57 Å². The van der Waals surface area contributed by atoms with Crippen molar-refractivity contribution >= 4 is 5.82 Å². The van der Waals surface area contributed by atoms with Gasteiger partial charge in [0.25, 0.3) is 0 Å². The second kappa shape index (κ2) is 2.94. The first kappa shape index (κ1) is 7.86. The van der Waals surface area contributed by atoms with Crippen molar-refractivity contribution in [3.63, 3.8) is 0 Å². The molecule has 0 aliphatic carbocycles. The molecule has 13 heavy (non-hydrogen) atoms.